The number of rotatable bonds is 4. The average molecular weight is 413 g/mol. The lowest BCUT2D eigenvalue weighted by molar-refractivity contribution is 0.0641. The van der Waals surface area contributed by atoms with Crippen LogP contribution < -0.4 is 9.64 Å². The molecule has 1 fully saturated rings. The van der Waals surface area contributed by atoms with Crippen molar-refractivity contribution in [1.82, 2.24) is 14.9 Å². The molecule has 7 nitrogen and oxygen atoms in total. The van der Waals surface area contributed by atoms with Gasteiger partial charge in [0.15, 0.2) is 5.76 Å². The number of hydrogen-bond acceptors (Lipinski definition) is 6. The van der Waals surface area contributed by atoms with Gasteiger partial charge in [0.25, 0.3) is 5.91 Å². The third-order valence-electron chi connectivity index (χ3n) is 4.92. The van der Waals surface area contributed by atoms with Crippen LogP contribution in [0.4, 0.5) is 5.82 Å². The number of carbonyl (C=O) groups excluding carboxylic acids is 1. The van der Waals surface area contributed by atoms with Gasteiger partial charge in [-0.15, -0.1) is 0 Å². The number of piperazine rings is 1. The van der Waals surface area contributed by atoms with Crippen molar-refractivity contribution in [3.8, 4) is 11.6 Å². The van der Waals surface area contributed by atoms with Crippen molar-refractivity contribution < 1.29 is 13.9 Å². The fourth-order valence-corrected chi connectivity index (χ4v) is 3.49. The second-order valence-corrected chi connectivity index (χ2v) is 7.41. The van der Waals surface area contributed by atoms with Gasteiger partial charge in [-0.05, 0) is 49.7 Å². The summed E-state index contributed by atoms with van der Waals surface area (Å²) >= 11 is 6.07. The molecule has 0 N–H and O–H groups in total. The average Bonchev–Trinajstić information content (AvgIpc) is 3.25. The first kappa shape index (κ1) is 19.3. The van der Waals surface area contributed by atoms with Gasteiger partial charge in [0.1, 0.15) is 17.9 Å². The molecule has 1 aliphatic rings. The molecular weight excluding hydrogens is 392 g/mol. The Morgan fingerprint density at radius 2 is 2.10 bits per heavy atom. The Bertz CT molecular complexity index is 1010. The predicted octanol–water partition coefficient (Wildman–Crippen LogP) is 4.17. The number of halogens is 1. The van der Waals surface area contributed by atoms with E-state index in [2.05, 4.69) is 14.9 Å². The minimum atomic E-state index is -0.0908. The fraction of sp³-hybridized carbons (Fsp3) is 0.286. The van der Waals surface area contributed by atoms with Gasteiger partial charge in [-0.1, -0.05) is 11.6 Å². The second-order valence-electron chi connectivity index (χ2n) is 7.00. The summed E-state index contributed by atoms with van der Waals surface area (Å²) in [6.45, 7) is 5.83. The standard InChI is InChI=1S/C21H21ClN4O3/c1-14-10-16(5-6-17(14)22)29-20-11-19(23-13-24-20)25-7-8-26(15(2)12-25)21(27)18-4-3-9-28-18/h3-6,9-11,13,15H,7-8,12H2,1-2H3. The lowest BCUT2D eigenvalue weighted by Gasteiger charge is -2.40. The topological polar surface area (TPSA) is 71.7 Å². The van der Waals surface area contributed by atoms with Gasteiger partial charge in [0.2, 0.25) is 5.88 Å². The van der Waals surface area contributed by atoms with Crippen molar-refractivity contribution in [3.63, 3.8) is 0 Å². The number of aryl methyl sites for hydroxylation is 1. The van der Waals surface area contributed by atoms with Crippen LogP contribution in [-0.2, 0) is 0 Å². The van der Waals surface area contributed by atoms with Crippen LogP contribution in [0, 0.1) is 6.92 Å². The van der Waals surface area contributed by atoms with Crippen LogP contribution >= 0.6 is 11.6 Å². The summed E-state index contributed by atoms with van der Waals surface area (Å²) in [7, 11) is 0. The Kier molecular flexibility index (Phi) is 5.40. The lowest BCUT2D eigenvalue weighted by Crippen LogP contribution is -2.54. The number of ether oxygens (including phenoxy) is 1. The van der Waals surface area contributed by atoms with E-state index in [1.165, 1.54) is 12.6 Å². The Hall–Kier alpha value is -3.06. The summed E-state index contributed by atoms with van der Waals surface area (Å²) < 4.78 is 11.1. The number of anilines is 1. The van der Waals surface area contributed by atoms with E-state index in [1.54, 1.807) is 30.3 Å². The van der Waals surface area contributed by atoms with Crippen LogP contribution in [-0.4, -0.2) is 46.5 Å². The molecule has 4 rings (SSSR count). The first-order valence-corrected chi connectivity index (χ1v) is 9.74. The maximum atomic E-state index is 12.6. The molecule has 1 aromatic carbocycles. The number of aromatic nitrogens is 2. The molecule has 2 aromatic heterocycles. The highest BCUT2D eigenvalue weighted by Crippen LogP contribution is 2.27. The third kappa shape index (κ3) is 4.19. The van der Waals surface area contributed by atoms with Crippen molar-refractivity contribution in [2.75, 3.05) is 24.5 Å². The monoisotopic (exact) mass is 412 g/mol. The number of benzene rings is 1. The van der Waals surface area contributed by atoms with Crippen LogP contribution in [0.2, 0.25) is 5.02 Å². The molecule has 3 heterocycles. The van der Waals surface area contributed by atoms with E-state index in [-0.39, 0.29) is 11.9 Å². The molecule has 0 spiro atoms. The molecule has 1 atom stereocenters. The van der Waals surface area contributed by atoms with Gasteiger partial charge in [0, 0.05) is 36.8 Å². The summed E-state index contributed by atoms with van der Waals surface area (Å²) in [5.74, 6) is 2.16. The largest absolute Gasteiger partial charge is 0.459 e. The van der Waals surface area contributed by atoms with Crippen LogP contribution in [0.15, 0.2) is 53.4 Å². The lowest BCUT2D eigenvalue weighted by atomic mass is 10.1. The molecule has 0 saturated carbocycles. The molecule has 1 unspecified atom stereocenters. The summed E-state index contributed by atoms with van der Waals surface area (Å²) in [6, 6.07) is 10.7. The molecule has 3 aromatic rings. The van der Waals surface area contributed by atoms with Crippen molar-refractivity contribution in [3.05, 3.63) is 65.3 Å². The van der Waals surface area contributed by atoms with Gasteiger partial charge >= 0.3 is 0 Å². The van der Waals surface area contributed by atoms with Gasteiger partial charge in [-0.3, -0.25) is 4.79 Å². The molecule has 0 bridgehead atoms. The molecular formula is C21H21ClN4O3. The zero-order chi connectivity index (χ0) is 20.4. The predicted molar refractivity (Wildman–Crippen MR) is 110 cm³/mol. The first-order chi connectivity index (χ1) is 14.0. The summed E-state index contributed by atoms with van der Waals surface area (Å²) in [6.07, 6.45) is 3.00. The molecule has 29 heavy (non-hydrogen) atoms. The molecule has 8 heteroatoms. The van der Waals surface area contributed by atoms with E-state index < -0.39 is 0 Å². The minimum Gasteiger partial charge on any atom is -0.459 e. The number of furan rings is 1. The highest BCUT2D eigenvalue weighted by Gasteiger charge is 2.30. The van der Waals surface area contributed by atoms with E-state index in [0.29, 0.717) is 42.0 Å². The van der Waals surface area contributed by atoms with E-state index in [0.717, 1.165) is 11.4 Å². The summed E-state index contributed by atoms with van der Waals surface area (Å²) in [5.41, 5.74) is 0.935. The minimum absolute atomic E-state index is 0.0135. The Labute approximate surface area is 173 Å². The van der Waals surface area contributed by atoms with Gasteiger partial charge < -0.3 is 19.0 Å². The maximum Gasteiger partial charge on any atom is 0.289 e. The Morgan fingerprint density at radius 3 is 2.83 bits per heavy atom. The van der Waals surface area contributed by atoms with E-state index in [9.17, 15) is 4.79 Å². The van der Waals surface area contributed by atoms with Crippen LogP contribution in [0.25, 0.3) is 0 Å². The zero-order valence-electron chi connectivity index (χ0n) is 16.2. The number of hydrogen-bond donors (Lipinski definition) is 0. The zero-order valence-corrected chi connectivity index (χ0v) is 17.0. The molecule has 0 radical (unpaired) electrons. The van der Waals surface area contributed by atoms with Crippen molar-refractivity contribution in [1.29, 1.82) is 0 Å². The molecule has 1 saturated heterocycles. The second kappa shape index (κ2) is 8.13. The number of amides is 1. The number of nitrogens with zero attached hydrogens (tertiary/aromatic N) is 4. The molecule has 150 valence electrons. The number of carbonyl (C=O) groups is 1. The Balaban J connectivity index is 1.45. The van der Waals surface area contributed by atoms with Gasteiger partial charge in [-0.2, -0.15) is 0 Å². The van der Waals surface area contributed by atoms with E-state index in [4.69, 9.17) is 20.8 Å². The van der Waals surface area contributed by atoms with Crippen LogP contribution in [0.5, 0.6) is 11.6 Å². The van der Waals surface area contributed by atoms with Gasteiger partial charge in [-0.25, -0.2) is 9.97 Å². The van der Waals surface area contributed by atoms with Crippen LogP contribution in [0.3, 0.4) is 0 Å². The SMILES string of the molecule is Cc1cc(Oc2cc(N3CCN(C(=O)c4ccco4)C(C)C3)ncn2)ccc1Cl. The maximum absolute atomic E-state index is 12.6. The normalized spacial score (nSPS) is 16.7. The van der Waals surface area contributed by atoms with Crippen molar-refractivity contribution in [2.45, 2.75) is 19.9 Å². The molecule has 1 aliphatic heterocycles. The quantitative estimate of drug-likeness (QED) is 0.640. The molecule has 1 amide bonds. The summed E-state index contributed by atoms with van der Waals surface area (Å²) in [5, 5.41) is 0.691. The van der Waals surface area contributed by atoms with Crippen molar-refractivity contribution in [2.24, 2.45) is 0 Å². The first-order valence-electron chi connectivity index (χ1n) is 9.37. The van der Waals surface area contributed by atoms with Crippen LogP contribution in [0.1, 0.15) is 23.0 Å². The van der Waals surface area contributed by atoms with Gasteiger partial charge in [0.05, 0.1) is 6.26 Å². The van der Waals surface area contributed by atoms with Crippen molar-refractivity contribution >= 4 is 23.3 Å². The molecule has 0 aliphatic carbocycles. The Morgan fingerprint density at radius 1 is 1.24 bits per heavy atom. The van der Waals surface area contributed by atoms with E-state index in [1.807, 2.05) is 24.8 Å². The summed E-state index contributed by atoms with van der Waals surface area (Å²) in [4.78, 5) is 25.1. The third-order valence-corrected chi connectivity index (χ3v) is 5.35. The highest BCUT2D eigenvalue weighted by atomic mass is 35.5. The smallest absolute Gasteiger partial charge is 0.289 e. The van der Waals surface area contributed by atoms with E-state index >= 15 is 0 Å². The highest BCUT2D eigenvalue weighted by molar-refractivity contribution is 6.31. The fourth-order valence-electron chi connectivity index (χ4n) is 3.37.